The minimum Gasteiger partial charge on any atom is -0.481 e. The van der Waals surface area contributed by atoms with Crippen molar-refractivity contribution in [1.82, 2.24) is 10.3 Å². The quantitative estimate of drug-likeness (QED) is 0.788. The van der Waals surface area contributed by atoms with Crippen molar-refractivity contribution in [2.24, 2.45) is 5.92 Å². The Morgan fingerprint density at radius 2 is 2.41 bits per heavy atom. The first-order chi connectivity index (χ1) is 8.25. The molecule has 1 unspecified atom stereocenters. The normalized spacial score (nSPS) is 17.4. The van der Waals surface area contributed by atoms with Gasteiger partial charge in [0.05, 0.1) is 6.42 Å². The Morgan fingerprint density at radius 3 is 2.94 bits per heavy atom. The molecule has 2 rings (SSSR count). The SMILES string of the molecule is O=C(O)CC(NCc1cccnc1)C1CCC1. The standard InChI is InChI=1S/C13H18N2O2/c16-13(17)7-12(11-4-1-5-11)15-9-10-3-2-6-14-8-10/h2-3,6,8,11-12,15H,1,4-5,7,9H2,(H,16,17). The molecule has 17 heavy (non-hydrogen) atoms. The van der Waals surface area contributed by atoms with E-state index in [2.05, 4.69) is 10.3 Å². The number of nitrogens with one attached hydrogen (secondary N) is 1. The maximum atomic E-state index is 10.8. The summed E-state index contributed by atoms with van der Waals surface area (Å²) in [6.07, 6.45) is 7.30. The van der Waals surface area contributed by atoms with Crippen LogP contribution in [0, 0.1) is 5.92 Å². The average molecular weight is 234 g/mol. The van der Waals surface area contributed by atoms with E-state index in [1.165, 1.54) is 6.42 Å². The highest BCUT2D eigenvalue weighted by atomic mass is 16.4. The third-order valence-corrected chi connectivity index (χ3v) is 3.40. The van der Waals surface area contributed by atoms with E-state index in [-0.39, 0.29) is 12.5 Å². The topological polar surface area (TPSA) is 62.2 Å². The number of carboxylic acid groups (broad SMARTS) is 1. The van der Waals surface area contributed by atoms with E-state index in [0.29, 0.717) is 12.5 Å². The molecular weight excluding hydrogens is 216 g/mol. The second-order valence-corrected chi connectivity index (χ2v) is 4.64. The lowest BCUT2D eigenvalue weighted by molar-refractivity contribution is -0.138. The van der Waals surface area contributed by atoms with E-state index in [9.17, 15) is 4.79 Å². The van der Waals surface area contributed by atoms with Crippen molar-refractivity contribution >= 4 is 5.97 Å². The number of hydrogen-bond acceptors (Lipinski definition) is 3. The number of aromatic nitrogens is 1. The number of aliphatic carboxylic acids is 1. The van der Waals surface area contributed by atoms with Crippen molar-refractivity contribution in [3.05, 3.63) is 30.1 Å². The molecule has 2 N–H and O–H groups in total. The highest BCUT2D eigenvalue weighted by Gasteiger charge is 2.28. The second kappa shape index (κ2) is 5.77. The summed E-state index contributed by atoms with van der Waals surface area (Å²) in [4.78, 5) is 14.9. The van der Waals surface area contributed by atoms with E-state index in [4.69, 9.17) is 5.11 Å². The summed E-state index contributed by atoms with van der Waals surface area (Å²) in [5.41, 5.74) is 1.10. The molecule has 4 heteroatoms. The molecule has 1 aliphatic rings. The summed E-state index contributed by atoms with van der Waals surface area (Å²) in [5, 5.41) is 12.2. The molecule has 4 nitrogen and oxygen atoms in total. The van der Waals surface area contributed by atoms with Crippen molar-refractivity contribution in [2.45, 2.75) is 38.3 Å². The molecule has 1 fully saturated rings. The highest BCUT2D eigenvalue weighted by Crippen LogP contribution is 2.31. The number of rotatable bonds is 6. The first-order valence-corrected chi connectivity index (χ1v) is 6.10. The van der Waals surface area contributed by atoms with Gasteiger partial charge in [-0.05, 0) is 30.4 Å². The maximum Gasteiger partial charge on any atom is 0.304 e. The smallest absolute Gasteiger partial charge is 0.304 e. The summed E-state index contributed by atoms with van der Waals surface area (Å²) >= 11 is 0. The van der Waals surface area contributed by atoms with Gasteiger partial charge >= 0.3 is 5.97 Å². The third-order valence-electron chi connectivity index (χ3n) is 3.40. The van der Waals surface area contributed by atoms with Crippen molar-refractivity contribution < 1.29 is 9.90 Å². The Kier molecular flexibility index (Phi) is 4.09. The van der Waals surface area contributed by atoms with Crippen LogP contribution in [0.1, 0.15) is 31.2 Å². The van der Waals surface area contributed by atoms with Gasteiger partial charge in [0, 0.05) is 25.0 Å². The van der Waals surface area contributed by atoms with Gasteiger partial charge in [0.25, 0.3) is 0 Å². The van der Waals surface area contributed by atoms with Crippen molar-refractivity contribution in [3.63, 3.8) is 0 Å². The molecular formula is C13H18N2O2. The van der Waals surface area contributed by atoms with E-state index in [1.807, 2.05) is 18.3 Å². The Morgan fingerprint density at radius 1 is 1.59 bits per heavy atom. The Labute approximate surface area is 101 Å². The molecule has 0 spiro atoms. The molecule has 0 bridgehead atoms. The number of carbonyl (C=O) groups is 1. The van der Waals surface area contributed by atoms with Gasteiger partial charge in [-0.25, -0.2) is 0 Å². The lowest BCUT2D eigenvalue weighted by Gasteiger charge is -2.33. The number of nitrogens with zero attached hydrogens (tertiary/aromatic N) is 1. The average Bonchev–Trinajstić information content (AvgIpc) is 2.24. The molecule has 0 aromatic carbocycles. The van der Waals surface area contributed by atoms with Crippen LogP contribution in [-0.2, 0) is 11.3 Å². The molecule has 1 aromatic rings. The molecule has 1 heterocycles. The van der Waals surface area contributed by atoms with Crippen LogP contribution in [0.4, 0.5) is 0 Å². The second-order valence-electron chi connectivity index (χ2n) is 4.64. The van der Waals surface area contributed by atoms with Gasteiger partial charge in [0.15, 0.2) is 0 Å². The van der Waals surface area contributed by atoms with E-state index >= 15 is 0 Å². The Bertz CT molecular complexity index is 363. The van der Waals surface area contributed by atoms with Crippen molar-refractivity contribution in [3.8, 4) is 0 Å². The fourth-order valence-corrected chi connectivity index (χ4v) is 2.19. The molecule has 1 aliphatic carbocycles. The van der Waals surface area contributed by atoms with E-state index in [0.717, 1.165) is 18.4 Å². The van der Waals surface area contributed by atoms with Gasteiger partial charge in [0.1, 0.15) is 0 Å². The largest absolute Gasteiger partial charge is 0.481 e. The van der Waals surface area contributed by atoms with Gasteiger partial charge in [-0.3, -0.25) is 9.78 Å². The molecule has 0 aliphatic heterocycles. The summed E-state index contributed by atoms with van der Waals surface area (Å²) in [6.45, 7) is 0.697. The van der Waals surface area contributed by atoms with Crippen LogP contribution in [0.3, 0.4) is 0 Å². The highest BCUT2D eigenvalue weighted by molar-refractivity contribution is 5.67. The lowest BCUT2D eigenvalue weighted by Crippen LogP contribution is -2.40. The van der Waals surface area contributed by atoms with Crippen LogP contribution in [0.5, 0.6) is 0 Å². The summed E-state index contributed by atoms with van der Waals surface area (Å²) in [5.74, 6) is -0.191. The minimum absolute atomic E-state index is 0.0986. The molecule has 0 radical (unpaired) electrons. The predicted molar refractivity (Wildman–Crippen MR) is 64.5 cm³/mol. The van der Waals surface area contributed by atoms with Gasteiger partial charge in [-0.2, -0.15) is 0 Å². The van der Waals surface area contributed by atoms with Crippen LogP contribution < -0.4 is 5.32 Å². The fraction of sp³-hybridized carbons (Fsp3) is 0.538. The fourth-order valence-electron chi connectivity index (χ4n) is 2.19. The van der Waals surface area contributed by atoms with E-state index in [1.54, 1.807) is 6.20 Å². The molecule has 0 saturated heterocycles. The van der Waals surface area contributed by atoms with Crippen LogP contribution >= 0.6 is 0 Å². The summed E-state index contributed by atoms with van der Waals surface area (Å²) in [7, 11) is 0. The Hall–Kier alpha value is -1.42. The Balaban J connectivity index is 1.86. The molecule has 1 saturated carbocycles. The van der Waals surface area contributed by atoms with Crippen LogP contribution in [0.2, 0.25) is 0 Å². The third kappa shape index (κ3) is 3.53. The van der Waals surface area contributed by atoms with Crippen LogP contribution in [0.25, 0.3) is 0 Å². The van der Waals surface area contributed by atoms with Crippen molar-refractivity contribution in [2.75, 3.05) is 0 Å². The summed E-state index contributed by atoms with van der Waals surface area (Å²) < 4.78 is 0. The molecule has 1 atom stereocenters. The lowest BCUT2D eigenvalue weighted by atomic mass is 9.78. The van der Waals surface area contributed by atoms with Gasteiger partial charge < -0.3 is 10.4 Å². The minimum atomic E-state index is -0.722. The maximum absolute atomic E-state index is 10.8. The van der Waals surface area contributed by atoms with Crippen LogP contribution in [-0.4, -0.2) is 22.1 Å². The van der Waals surface area contributed by atoms with Crippen molar-refractivity contribution in [1.29, 1.82) is 0 Å². The molecule has 0 amide bonds. The van der Waals surface area contributed by atoms with Gasteiger partial charge in [-0.15, -0.1) is 0 Å². The summed E-state index contributed by atoms with van der Waals surface area (Å²) in [6, 6.07) is 3.99. The first kappa shape index (κ1) is 12.0. The monoisotopic (exact) mass is 234 g/mol. The zero-order valence-electron chi connectivity index (χ0n) is 9.80. The number of carboxylic acids is 1. The van der Waals surface area contributed by atoms with E-state index < -0.39 is 5.97 Å². The van der Waals surface area contributed by atoms with Crippen LogP contribution in [0.15, 0.2) is 24.5 Å². The predicted octanol–water partition coefficient (Wildman–Crippen LogP) is 1.81. The van der Waals surface area contributed by atoms with Gasteiger partial charge in [0.2, 0.25) is 0 Å². The first-order valence-electron chi connectivity index (χ1n) is 6.10. The number of hydrogen-bond donors (Lipinski definition) is 2. The van der Waals surface area contributed by atoms with Gasteiger partial charge in [-0.1, -0.05) is 12.5 Å². The zero-order valence-corrected chi connectivity index (χ0v) is 9.80. The zero-order chi connectivity index (χ0) is 12.1. The molecule has 1 aromatic heterocycles. The number of pyridine rings is 1. The molecule has 92 valence electrons.